The van der Waals surface area contributed by atoms with Crippen molar-refractivity contribution in [3.8, 4) is 0 Å². The van der Waals surface area contributed by atoms with Gasteiger partial charge in [-0.15, -0.1) is 0 Å². The number of benzene rings is 1. The van der Waals surface area contributed by atoms with Crippen molar-refractivity contribution in [3.05, 3.63) is 35.9 Å². The maximum Gasteiger partial charge on any atom is 0.164 e. The van der Waals surface area contributed by atoms with Crippen molar-refractivity contribution >= 4 is 0 Å². The van der Waals surface area contributed by atoms with Crippen molar-refractivity contribution in [2.24, 2.45) is 22.2 Å². The van der Waals surface area contributed by atoms with Gasteiger partial charge in [0.25, 0.3) is 0 Å². The standard InChI is InChI=1S/C21H28O2/c1-19(2)14-10-11-21(19,4)17-16(14)22-18(23-17)20(3)12-15(20)13-8-6-5-7-9-13/h5-9,14-18H,10-12H2,1-4H3/t14-,15-,16-,17-,18-,20-,21+/m1/s1. The van der Waals surface area contributed by atoms with E-state index in [4.69, 9.17) is 9.47 Å². The van der Waals surface area contributed by atoms with Crippen LogP contribution in [0.5, 0.6) is 0 Å². The molecule has 3 saturated carbocycles. The van der Waals surface area contributed by atoms with Crippen molar-refractivity contribution < 1.29 is 9.47 Å². The molecule has 1 saturated heterocycles. The van der Waals surface area contributed by atoms with Gasteiger partial charge >= 0.3 is 0 Å². The third-order valence-electron chi connectivity index (χ3n) is 8.27. The van der Waals surface area contributed by atoms with E-state index in [0.29, 0.717) is 29.5 Å². The fourth-order valence-electron chi connectivity index (χ4n) is 6.06. The Kier molecular flexibility index (Phi) is 2.65. The largest absolute Gasteiger partial charge is 0.346 e. The third kappa shape index (κ3) is 1.62. The van der Waals surface area contributed by atoms with E-state index in [1.165, 1.54) is 24.8 Å². The Hall–Kier alpha value is -0.860. The predicted molar refractivity (Wildman–Crippen MR) is 90.1 cm³/mol. The highest BCUT2D eigenvalue weighted by molar-refractivity contribution is 5.30. The van der Waals surface area contributed by atoms with Crippen LogP contribution in [-0.4, -0.2) is 18.5 Å². The van der Waals surface area contributed by atoms with E-state index in [1.54, 1.807) is 0 Å². The van der Waals surface area contributed by atoms with E-state index in [0.717, 1.165) is 0 Å². The molecule has 1 aromatic carbocycles. The Bertz CT molecular complexity index is 639. The third-order valence-corrected chi connectivity index (χ3v) is 8.27. The second-order valence-corrected chi connectivity index (χ2v) is 9.45. The van der Waals surface area contributed by atoms with Crippen LogP contribution in [0.4, 0.5) is 0 Å². The summed E-state index contributed by atoms with van der Waals surface area (Å²) in [6.07, 6.45) is 4.39. The molecule has 23 heavy (non-hydrogen) atoms. The second-order valence-electron chi connectivity index (χ2n) is 9.45. The van der Waals surface area contributed by atoms with Crippen molar-refractivity contribution in [1.29, 1.82) is 0 Å². The van der Waals surface area contributed by atoms with E-state index in [2.05, 4.69) is 58.0 Å². The van der Waals surface area contributed by atoms with Gasteiger partial charge in [0.2, 0.25) is 0 Å². The Labute approximate surface area is 139 Å². The summed E-state index contributed by atoms with van der Waals surface area (Å²) in [6.45, 7) is 9.64. The molecule has 0 N–H and O–H groups in total. The Morgan fingerprint density at radius 3 is 2.43 bits per heavy atom. The SMILES string of the molecule is CC1(C)[C@@H]2CC[C@@]1(C)[C@@H]1O[C@H]([C@]3(C)C[C@@H]3c3ccccc3)O[C@H]21. The van der Waals surface area contributed by atoms with Crippen molar-refractivity contribution in [1.82, 2.24) is 0 Å². The van der Waals surface area contributed by atoms with Gasteiger partial charge in [0.1, 0.15) is 0 Å². The first-order chi connectivity index (χ1) is 10.9. The number of hydrogen-bond acceptors (Lipinski definition) is 2. The van der Waals surface area contributed by atoms with E-state index >= 15 is 0 Å². The summed E-state index contributed by atoms with van der Waals surface area (Å²) in [5, 5.41) is 0. The first-order valence-corrected chi connectivity index (χ1v) is 9.24. The summed E-state index contributed by atoms with van der Waals surface area (Å²) in [7, 11) is 0. The smallest absolute Gasteiger partial charge is 0.164 e. The molecule has 1 aromatic rings. The summed E-state index contributed by atoms with van der Waals surface area (Å²) in [5.74, 6) is 1.26. The highest BCUT2D eigenvalue weighted by Gasteiger charge is 2.72. The molecule has 2 nitrogen and oxygen atoms in total. The van der Waals surface area contributed by atoms with Crippen LogP contribution < -0.4 is 0 Å². The number of rotatable bonds is 2. The maximum absolute atomic E-state index is 6.61. The lowest BCUT2D eigenvalue weighted by atomic mass is 9.70. The first kappa shape index (κ1) is 14.5. The van der Waals surface area contributed by atoms with Gasteiger partial charge in [0.15, 0.2) is 6.29 Å². The van der Waals surface area contributed by atoms with Gasteiger partial charge in [-0.1, -0.05) is 58.0 Å². The van der Waals surface area contributed by atoms with Crippen LogP contribution in [0.15, 0.2) is 30.3 Å². The van der Waals surface area contributed by atoms with Crippen LogP contribution in [-0.2, 0) is 9.47 Å². The van der Waals surface area contributed by atoms with Gasteiger partial charge in [-0.2, -0.15) is 0 Å². The lowest BCUT2D eigenvalue weighted by Crippen LogP contribution is -2.39. The molecule has 0 unspecified atom stereocenters. The molecule has 4 fully saturated rings. The molecule has 2 heteroatoms. The van der Waals surface area contributed by atoms with Crippen molar-refractivity contribution in [2.45, 2.75) is 71.4 Å². The molecule has 5 rings (SSSR count). The molecule has 1 aliphatic heterocycles. The molecular formula is C21H28O2. The summed E-state index contributed by atoms with van der Waals surface area (Å²) in [4.78, 5) is 0. The van der Waals surface area contributed by atoms with Crippen molar-refractivity contribution in [2.75, 3.05) is 0 Å². The molecule has 7 atom stereocenters. The minimum atomic E-state index is -0.0151. The lowest BCUT2D eigenvalue weighted by Gasteiger charge is -2.38. The molecule has 3 aliphatic carbocycles. The van der Waals surface area contributed by atoms with Crippen molar-refractivity contribution in [3.63, 3.8) is 0 Å². The van der Waals surface area contributed by atoms with Gasteiger partial charge < -0.3 is 9.47 Å². The molecule has 2 bridgehead atoms. The van der Waals surface area contributed by atoms with Gasteiger partial charge in [0.05, 0.1) is 12.2 Å². The van der Waals surface area contributed by atoms with Gasteiger partial charge in [-0.05, 0) is 42.1 Å². The highest BCUT2D eigenvalue weighted by Crippen LogP contribution is 2.71. The predicted octanol–water partition coefficient (Wildman–Crippen LogP) is 4.75. The normalized spacial score (nSPS) is 52.6. The fraction of sp³-hybridized carbons (Fsp3) is 0.714. The Balaban J connectivity index is 1.39. The Morgan fingerprint density at radius 1 is 1.00 bits per heavy atom. The number of fused-ring (bicyclic) bond motifs is 5. The second kappa shape index (κ2) is 4.21. The molecule has 124 valence electrons. The van der Waals surface area contributed by atoms with Crippen LogP contribution in [0, 0.1) is 22.2 Å². The lowest BCUT2D eigenvalue weighted by molar-refractivity contribution is -0.146. The van der Waals surface area contributed by atoms with Crippen LogP contribution in [0.25, 0.3) is 0 Å². The van der Waals surface area contributed by atoms with E-state index in [-0.39, 0.29) is 17.1 Å². The maximum atomic E-state index is 6.61. The van der Waals surface area contributed by atoms with E-state index in [1.807, 2.05) is 0 Å². The number of ether oxygens (including phenoxy) is 2. The zero-order valence-electron chi connectivity index (χ0n) is 14.7. The summed E-state index contributed by atoms with van der Waals surface area (Å²) >= 11 is 0. The minimum absolute atomic E-state index is 0.0151. The molecule has 4 aliphatic rings. The zero-order valence-corrected chi connectivity index (χ0v) is 14.7. The highest BCUT2D eigenvalue weighted by atomic mass is 16.7. The quantitative estimate of drug-likeness (QED) is 0.785. The van der Waals surface area contributed by atoms with E-state index < -0.39 is 0 Å². The van der Waals surface area contributed by atoms with Crippen LogP contribution in [0.3, 0.4) is 0 Å². The van der Waals surface area contributed by atoms with E-state index in [9.17, 15) is 0 Å². The summed E-state index contributed by atoms with van der Waals surface area (Å²) in [5.41, 5.74) is 2.22. The first-order valence-electron chi connectivity index (χ1n) is 9.24. The summed E-state index contributed by atoms with van der Waals surface area (Å²) < 4.78 is 13.2. The molecule has 0 spiro atoms. The van der Waals surface area contributed by atoms with Crippen LogP contribution in [0.1, 0.15) is 58.4 Å². The topological polar surface area (TPSA) is 18.5 Å². The fourth-order valence-corrected chi connectivity index (χ4v) is 6.06. The van der Waals surface area contributed by atoms with Crippen LogP contribution in [0.2, 0.25) is 0 Å². The van der Waals surface area contributed by atoms with Gasteiger partial charge in [-0.3, -0.25) is 0 Å². The van der Waals surface area contributed by atoms with Crippen LogP contribution >= 0.6 is 0 Å². The summed E-state index contributed by atoms with van der Waals surface area (Å²) in [6, 6.07) is 10.9. The molecule has 0 radical (unpaired) electrons. The average molecular weight is 312 g/mol. The minimum Gasteiger partial charge on any atom is -0.346 e. The van der Waals surface area contributed by atoms with Gasteiger partial charge in [-0.25, -0.2) is 0 Å². The molecular weight excluding hydrogens is 284 g/mol. The molecule has 1 heterocycles. The number of hydrogen-bond donors (Lipinski definition) is 0. The van der Waals surface area contributed by atoms with Gasteiger partial charge in [0, 0.05) is 10.8 Å². The zero-order chi connectivity index (χ0) is 16.0. The average Bonchev–Trinajstić information content (AvgIpc) is 2.86. The molecule has 0 amide bonds. The monoisotopic (exact) mass is 312 g/mol. The Morgan fingerprint density at radius 2 is 1.74 bits per heavy atom. The molecule has 0 aromatic heterocycles.